The van der Waals surface area contributed by atoms with Crippen LogP contribution >= 0.6 is 0 Å². The molecule has 2 rings (SSSR count). The third kappa shape index (κ3) is 4.63. The molecule has 1 aromatic carbocycles. The number of rotatable bonds is 6. The van der Waals surface area contributed by atoms with Crippen LogP contribution in [0.4, 0.5) is 13.2 Å². The standard InChI is InChI=1S/C17H16F3NO6/c1-2-3-6-10(15(24)26-27-16(25)17(18,19)20)9-21-13(22)11-7-4-5-8-12(11)14(21)23/h4-5,7-8,10H,2-3,6,9H2,1H3. The summed E-state index contributed by atoms with van der Waals surface area (Å²) in [5.41, 5.74) is 0.349. The van der Waals surface area contributed by atoms with E-state index in [9.17, 15) is 32.3 Å². The van der Waals surface area contributed by atoms with Gasteiger partial charge in [0.25, 0.3) is 11.8 Å². The van der Waals surface area contributed by atoms with E-state index in [-0.39, 0.29) is 17.5 Å². The fourth-order valence-corrected chi connectivity index (χ4v) is 2.55. The first-order chi connectivity index (χ1) is 12.7. The predicted octanol–water partition coefficient (Wildman–Crippen LogP) is 2.65. The van der Waals surface area contributed by atoms with Gasteiger partial charge in [-0.1, -0.05) is 31.9 Å². The Kier molecular flexibility index (Phi) is 6.19. The van der Waals surface area contributed by atoms with Crippen molar-refractivity contribution in [3.63, 3.8) is 0 Å². The van der Waals surface area contributed by atoms with Crippen LogP contribution in [-0.2, 0) is 19.4 Å². The summed E-state index contributed by atoms with van der Waals surface area (Å²) in [4.78, 5) is 55.7. The molecule has 0 fully saturated rings. The molecule has 0 bridgehead atoms. The summed E-state index contributed by atoms with van der Waals surface area (Å²) in [6, 6.07) is 6.07. The fourth-order valence-electron chi connectivity index (χ4n) is 2.55. The minimum atomic E-state index is -5.32. The molecule has 1 unspecified atom stereocenters. The van der Waals surface area contributed by atoms with Crippen molar-refractivity contribution in [3.8, 4) is 0 Å². The van der Waals surface area contributed by atoms with Gasteiger partial charge in [-0.3, -0.25) is 14.5 Å². The number of hydrogen-bond donors (Lipinski definition) is 0. The zero-order valence-electron chi connectivity index (χ0n) is 14.2. The number of unbranched alkanes of at least 4 members (excludes halogenated alkanes) is 1. The van der Waals surface area contributed by atoms with E-state index in [0.717, 1.165) is 4.90 Å². The van der Waals surface area contributed by atoms with Crippen LogP contribution in [0.3, 0.4) is 0 Å². The molecule has 1 heterocycles. The summed E-state index contributed by atoms with van der Waals surface area (Å²) in [6.45, 7) is 1.42. The summed E-state index contributed by atoms with van der Waals surface area (Å²) >= 11 is 0. The highest BCUT2D eigenvalue weighted by Crippen LogP contribution is 2.25. The highest BCUT2D eigenvalue weighted by Gasteiger charge is 2.44. The molecule has 0 radical (unpaired) electrons. The molecule has 1 aliphatic rings. The molecule has 1 aliphatic heterocycles. The quantitative estimate of drug-likeness (QED) is 0.424. The average molecular weight is 387 g/mol. The molecule has 146 valence electrons. The van der Waals surface area contributed by atoms with E-state index in [2.05, 4.69) is 9.78 Å². The minimum Gasteiger partial charge on any atom is -0.273 e. The summed E-state index contributed by atoms with van der Waals surface area (Å²) in [7, 11) is 0. The number of imide groups is 1. The second-order valence-electron chi connectivity index (χ2n) is 5.88. The van der Waals surface area contributed by atoms with Gasteiger partial charge in [-0.15, -0.1) is 0 Å². The predicted molar refractivity (Wildman–Crippen MR) is 83.1 cm³/mol. The van der Waals surface area contributed by atoms with Crippen LogP contribution in [0.5, 0.6) is 0 Å². The number of hydrogen-bond acceptors (Lipinski definition) is 6. The third-order valence-electron chi connectivity index (χ3n) is 3.95. The van der Waals surface area contributed by atoms with Gasteiger partial charge in [0.15, 0.2) is 0 Å². The molecule has 1 aromatic rings. The third-order valence-corrected chi connectivity index (χ3v) is 3.95. The van der Waals surface area contributed by atoms with Gasteiger partial charge >= 0.3 is 18.1 Å². The molecule has 0 N–H and O–H groups in total. The first-order valence-corrected chi connectivity index (χ1v) is 8.11. The maximum absolute atomic E-state index is 12.4. The number of fused-ring (bicyclic) bond motifs is 1. The summed E-state index contributed by atoms with van der Waals surface area (Å²) in [5, 5.41) is 0. The van der Waals surface area contributed by atoms with Crippen molar-refractivity contribution in [3.05, 3.63) is 35.4 Å². The van der Waals surface area contributed by atoms with Gasteiger partial charge in [-0.2, -0.15) is 13.2 Å². The van der Waals surface area contributed by atoms with Crippen LogP contribution in [0.25, 0.3) is 0 Å². The molecular weight excluding hydrogens is 371 g/mol. The van der Waals surface area contributed by atoms with E-state index >= 15 is 0 Å². The van der Waals surface area contributed by atoms with Crippen LogP contribution < -0.4 is 0 Å². The van der Waals surface area contributed by atoms with Gasteiger partial charge in [0, 0.05) is 6.54 Å². The number of nitrogens with zero attached hydrogens (tertiary/aromatic N) is 1. The lowest BCUT2D eigenvalue weighted by atomic mass is 10.0. The van der Waals surface area contributed by atoms with Gasteiger partial charge in [0.1, 0.15) is 0 Å². The van der Waals surface area contributed by atoms with Crippen LogP contribution in [0, 0.1) is 5.92 Å². The summed E-state index contributed by atoms with van der Waals surface area (Å²) in [5.74, 6) is -6.30. The molecule has 0 saturated heterocycles. The van der Waals surface area contributed by atoms with E-state index in [0.29, 0.717) is 12.8 Å². The number of alkyl halides is 3. The van der Waals surface area contributed by atoms with Crippen molar-refractivity contribution in [2.45, 2.75) is 32.4 Å². The zero-order chi connectivity index (χ0) is 20.2. The second kappa shape index (κ2) is 8.19. The van der Waals surface area contributed by atoms with E-state index in [1.54, 1.807) is 12.1 Å². The lowest BCUT2D eigenvalue weighted by Crippen LogP contribution is -2.38. The fraction of sp³-hybridized carbons (Fsp3) is 0.412. The minimum absolute atomic E-state index is 0.131. The average Bonchev–Trinajstić information content (AvgIpc) is 2.86. The van der Waals surface area contributed by atoms with Crippen molar-refractivity contribution < 1.29 is 42.1 Å². The molecule has 1 atom stereocenters. The van der Waals surface area contributed by atoms with E-state index < -0.39 is 42.4 Å². The summed E-state index contributed by atoms with van der Waals surface area (Å²) in [6.07, 6.45) is -4.06. The lowest BCUT2D eigenvalue weighted by Gasteiger charge is -2.20. The van der Waals surface area contributed by atoms with Crippen molar-refractivity contribution in [2.24, 2.45) is 5.92 Å². The molecular formula is C17H16F3NO6. The first kappa shape index (κ1) is 20.4. The van der Waals surface area contributed by atoms with Crippen LogP contribution in [0.1, 0.15) is 46.9 Å². The normalized spacial score (nSPS) is 14.7. The highest BCUT2D eigenvalue weighted by molar-refractivity contribution is 6.21. The Labute approximate surface area is 151 Å². The van der Waals surface area contributed by atoms with Crippen molar-refractivity contribution in [1.29, 1.82) is 0 Å². The van der Waals surface area contributed by atoms with Crippen LogP contribution in [-0.4, -0.2) is 41.4 Å². The van der Waals surface area contributed by atoms with Crippen molar-refractivity contribution in [1.82, 2.24) is 4.90 Å². The molecule has 0 spiro atoms. The Morgan fingerprint density at radius 1 is 1.07 bits per heavy atom. The van der Waals surface area contributed by atoms with Crippen LogP contribution in [0.2, 0.25) is 0 Å². The van der Waals surface area contributed by atoms with Crippen LogP contribution in [0.15, 0.2) is 24.3 Å². The van der Waals surface area contributed by atoms with E-state index in [4.69, 9.17) is 0 Å². The Balaban J connectivity index is 2.08. The topological polar surface area (TPSA) is 90.0 Å². The van der Waals surface area contributed by atoms with Gasteiger partial charge in [0.2, 0.25) is 0 Å². The zero-order valence-corrected chi connectivity index (χ0v) is 14.2. The maximum Gasteiger partial charge on any atom is 0.495 e. The van der Waals surface area contributed by atoms with Gasteiger partial charge < -0.3 is 0 Å². The monoisotopic (exact) mass is 387 g/mol. The van der Waals surface area contributed by atoms with Gasteiger partial charge in [0.05, 0.1) is 17.0 Å². The smallest absolute Gasteiger partial charge is 0.273 e. The molecule has 10 heteroatoms. The molecule has 0 aromatic heterocycles. The van der Waals surface area contributed by atoms with Crippen molar-refractivity contribution >= 4 is 23.8 Å². The SMILES string of the molecule is CCCCC(CN1C(=O)c2ccccc2C1=O)C(=O)OOC(=O)C(F)(F)F. The first-order valence-electron chi connectivity index (χ1n) is 8.11. The van der Waals surface area contributed by atoms with Crippen molar-refractivity contribution in [2.75, 3.05) is 6.54 Å². The Morgan fingerprint density at radius 2 is 1.63 bits per heavy atom. The lowest BCUT2D eigenvalue weighted by molar-refractivity contribution is -0.288. The number of carbonyl (C=O) groups excluding carboxylic acids is 4. The van der Waals surface area contributed by atoms with E-state index in [1.165, 1.54) is 12.1 Å². The molecule has 7 nitrogen and oxygen atoms in total. The van der Waals surface area contributed by atoms with Gasteiger partial charge in [-0.05, 0) is 18.6 Å². The second-order valence-corrected chi connectivity index (χ2v) is 5.88. The maximum atomic E-state index is 12.4. The number of benzene rings is 1. The largest absolute Gasteiger partial charge is 0.495 e. The van der Waals surface area contributed by atoms with E-state index in [1.807, 2.05) is 6.92 Å². The number of halogens is 3. The molecule has 0 aliphatic carbocycles. The number of carbonyl (C=O) groups is 4. The summed E-state index contributed by atoms with van der Waals surface area (Å²) < 4.78 is 36.4. The molecule has 0 saturated carbocycles. The Hall–Kier alpha value is -2.91. The Morgan fingerprint density at radius 3 is 2.11 bits per heavy atom. The number of amides is 2. The highest BCUT2D eigenvalue weighted by atomic mass is 19.4. The Bertz CT molecular complexity index is 726. The molecule has 27 heavy (non-hydrogen) atoms. The molecule has 2 amide bonds. The van der Waals surface area contributed by atoms with Gasteiger partial charge in [-0.25, -0.2) is 19.4 Å².